The molecular weight excluding hydrogens is 850 g/mol. The topological polar surface area (TPSA) is 284 Å². The van der Waals surface area contributed by atoms with Crippen LogP contribution in [-0.2, 0) is 71.2 Å². The summed E-state index contributed by atoms with van der Waals surface area (Å²) < 4.78 is 61.3. The van der Waals surface area contributed by atoms with Crippen molar-refractivity contribution in [2.45, 2.75) is 104 Å². The van der Waals surface area contributed by atoms with Crippen LogP contribution in [0, 0.1) is 11.5 Å². The van der Waals surface area contributed by atoms with Crippen molar-refractivity contribution in [3.8, 4) is 6.26 Å². The quantitative estimate of drug-likeness (QED) is 0.0237. The summed E-state index contributed by atoms with van der Waals surface area (Å²) in [5, 5.41) is 30.8. The van der Waals surface area contributed by atoms with Gasteiger partial charge in [-0.05, 0) is 55.4 Å². The van der Waals surface area contributed by atoms with Crippen LogP contribution in [0.15, 0.2) is 38.0 Å². The minimum atomic E-state index is -0.648. The number of nitrogens with zero attached hydrogens (tertiary/aromatic N) is 1. The first kappa shape index (κ1) is 63.4. The lowest BCUT2D eigenvalue weighted by atomic mass is 10.4. The van der Waals surface area contributed by atoms with Crippen LogP contribution in [0.4, 0.5) is 9.59 Å². The van der Waals surface area contributed by atoms with Crippen LogP contribution >= 0.6 is 0 Å². The fraction of sp³-hybridized carbons (Fsp3) is 0.714. The summed E-state index contributed by atoms with van der Waals surface area (Å²) in [4.78, 5) is 55.4. The number of nitrogens with one attached hydrogen (secondary N) is 2. The maximum atomic E-state index is 11.7. The Labute approximate surface area is 377 Å². The third kappa shape index (κ3) is 48.2. The molecule has 4 N–H and O–H groups in total. The number of carbonyl (C=O) groups excluding carboxylic acids is 5. The van der Waals surface area contributed by atoms with Crippen molar-refractivity contribution < 1.29 is 91.0 Å². The van der Waals surface area contributed by atoms with Crippen LogP contribution in [0.25, 0.3) is 0 Å². The lowest BCUT2D eigenvalue weighted by molar-refractivity contribution is -0.139. The van der Waals surface area contributed by atoms with Gasteiger partial charge in [0.15, 0.2) is 0 Å². The second-order valence-corrected chi connectivity index (χ2v) is 13.7. The highest BCUT2D eigenvalue weighted by molar-refractivity contribution is 5.81. The molecule has 370 valence electrons. The Hall–Kier alpha value is -4.86. The molecule has 22 nitrogen and oxygen atoms in total. The van der Waals surface area contributed by atoms with E-state index in [1.807, 2.05) is 27.7 Å². The van der Waals surface area contributed by atoms with Gasteiger partial charge in [-0.15, -0.1) is 0 Å². The zero-order valence-electron chi connectivity index (χ0n) is 38.7. The highest BCUT2D eigenvalue weighted by atomic mass is 16.6. The molecule has 8 atom stereocenters. The van der Waals surface area contributed by atoms with Gasteiger partial charge < -0.3 is 77.7 Å². The number of rotatable bonds is 34. The molecule has 0 fully saturated rings. The average molecular weight is 924 g/mol. The minimum absolute atomic E-state index is 0.0129. The Bertz CT molecular complexity index is 1310. The Morgan fingerprint density at radius 2 is 0.828 bits per heavy atom. The molecule has 8 unspecified atom stereocenters. The summed E-state index contributed by atoms with van der Waals surface area (Å²) in [6.45, 7) is 26.8. The molecule has 0 spiro atoms. The van der Waals surface area contributed by atoms with Gasteiger partial charge in [0, 0.05) is 18.2 Å². The number of amides is 2. The van der Waals surface area contributed by atoms with E-state index in [1.165, 1.54) is 6.26 Å². The molecule has 22 heteroatoms. The molecule has 0 aliphatic rings. The number of hydrogen-bond donors (Lipinski definition) is 4. The molecular formula is C42H73N3O19. The fourth-order valence-electron chi connectivity index (χ4n) is 3.73. The second-order valence-electron chi connectivity index (χ2n) is 13.7. The summed E-state index contributed by atoms with van der Waals surface area (Å²) in [5.41, 5.74) is 0. The van der Waals surface area contributed by atoms with E-state index in [1.54, 1.807) is 27.7 Å². The van der Waals surface area contributed by atoms with E-state index in [2.05, 4.69) is 39.8 Å². The normalized spacial score (nSPS) is 14.1. The SMILES string of the molecule is C=CC(=O)OCCNC(=O)OC(C)COCC(C)OCC(C)OCC(C)OC(=O)NCCOC(=O)C=C.C=CC(=O)OCCOC#N.CC(O)COCC(C)OCC(C)OCC(C)O. The van der Waals surface area contributed by atoms with Crippen LogP contribution in [0.1, 0.15) is 55.4 Å². The first-order valence-electron chi connectivity index (χ1n) is 20.5. The molecule has 0 bridgehead atoms. The maximum Gasteiger partial charge on any atom is 0.407 e. The van der Waals surface area contributed by atoms with Crippen molar-refractivity contribution in [1.82, 2.24) is 10.6 Å². The number of aliphatic hydroxyl groups excluding tert-OH is 2. The van der Waals surface area contributed by atoms with Crippen molar-refractivity contribution in [2.24, 2.45) is 0 Å². The average Bonchev–Trinajstić information content (AvgIpc) is 3.25. The molecule has 0 heterocycles. The predicted octanol–water partition coefficient (Wildman–Crippen LogP) is 2.29. The van der Waals surface area contributed by atoms with Gasteiger partial charge in [-0.25, -0.2) is 24.0 Å². The van der Waals surface area contributed by atoms with Crippen molar-refractivity contribution in [1.29, 1.82) is 5.26 Å². The summed E-state index contributed by atoms with van der Waals surface area (Å²) in [5.74, 6) is -1.65. The predicted molar refractivity (Wildman–Crippen MR) is 230 cm³/mol. The van der Waals surface area contributed by atoms with Crippen LogP contribution in [0.2, 0.25) is 0 Å². The van der Waals surface area contributed by atoms with E-state index in [0.717, 1.165) is 18.2 Å². The number of hydrogen-bond acceptors (Lipinski definition) is 20. The van der Waals surface area contributed by atoms with Crippen LogP contribution < -0.4 is 10.6 Å². The third-order valence-corrected chi connectivity index (χ3v) is 6.73. The number of alkyl carbamates (subject to hydrolysis) is 2. The molecule has 0 aromatic rings. The Kier molecular flexibility index (Phi) is 43.0. The largest absolute Gasteiger partial charge is 0.461 e. The second kappa shape index (κ2) is 43.4. The number of ether oxygens (including phenoxy) is 12. The van der Waals surface area contributed by atoms with Crippen LogP contribution in [0.5, 0.6) is 0 Å². The first-order valence-corrected chi connectivity index (χ1v) is 20.5. The smallest absolute Gasteiger partial charge is 0.407 e. The summed E-state index contributed by atoms with van der Waals surface area (Å²) in [6, 6.07) is 0. The van der Waals surface area contributed by atoms with E-state index in [-0.39, 0.29) is 83.8 Å². The summed E-state index contributed by atoms with van der Waals surface area (Å²) in [6.07, 6.45) is 0.786. The number of nitriles is 1. The zero-order chi connectivity index (χ0) is 49.1. The number of esters is 3. The molecule has 0 saturated heterocycles. The molecule has 2 amide bonds. The van der Waals surface area contributed by atoms with Gasteiger partial charge >= 0.3 is 30.1 Å². The molecule has 0 aliphatic heterocycles. The van der Waals surface area contributed by atoms with Gasteiger partial charge in [0.05, 0.1) is 103 Å². The van der Waals surface area contributed by atoms with Crippen LogP contribution in [0.3, 0.4) is 0 Å². The zero-order valence-corrected chi connectivity index (χ0v) is 38.7. The lowest BCUT2D eigenvalue weighted by Gasteiger charge is -2.20. The van der Waals surface area contributed by atoms with Gasteiger partial charge in [0.2, 0.25) is 0 Å². The van der Waals surface area contributed by atoms with E-state index in [9.17, 15) is 24.0 Å². The molecule has 0 aliphatic carbocycles. The minimum Gasteiger partial charge on any atom is -0.461 e. The van der Waals surface area contributed by atoms with Crippen LogP contribution in [-0.4, -0.2) is 182 Å². The molecule has 0 saturated carbocycles. The van der Waals surface area contributed by atoms with Gasteiger partial charge in [0.1, 0.15) is 38.6 Å². The van der Waals surface area contributed by atoms with E-state index in [4.69, 9.17) is 62.8 Å². The van der Waals surface area contributed by atoms with E-state index >= 15 is 0 Å². The molecule has 0 aromatic heterocycles. The molecule has 0 rings (SSSR count). The summed E-state index contributed by atoms with van der Waals surface area (Å²) in [7, 11) is 0. The Morgan fingerprint density at radius 3 is 1.22 bits per heavy atom. The van der Waals surface area contributed by atoms with Crippen molar-refractivity contribution in [3.05, 3.63) is 38.0 Å². The highest BCUT2D eigenvalue weighted by Crippen LogP contribution is 2.03. The number of carbonyl (C=O) groups is 5. The van der Waals surface area contributed by atoms with E-state index in [0.29, 0.717) is 33.0 Å². The maximum absolute atomic E-state index is 11.7. The van der Waals surface area contributed by atoms with Gasteiger partial charge in [0.25, 0.3) is 6.26 Å². The molecule has 64 heavy (non-hydrogen) atoms. The van der Waals surface area contributed by atoms with Gasteiger partial charge in [-0.2, -0.15) is 5.26 Å². The van der Waals surface area contributed by atoms with Crippen molar-refractivity contribution in [3.63, 3.8) is 0 Å². The Morgan fingerprint density at radius 1 is 0.500 bits per heavy atom. The number of aliphatic hydroxyl groups is 2. The van der Waals surface area contributed by atoms with E-state index < -0.39 is 54.5 Å². The van der Waals surface area contributed by atoms with Gasteiger partial charge in [-0.1, -0.05) is 19.7 Å². The lowest BCUT2D eigenvalue weighted by Crippen LogP contribution is -2.33. The summed E-state index contributed by atoms with van der Waals surface area (Å²) >= 11 is 0. The third-order valence-electron chi connectivity index (χ3n) is 6.73. The first-order chi connectivity index (χ1) is 30.3. The monoisotopic (exact) mass is 923 g/mol. The standard InChI is InChI=1S/C24H40N2O11.C12H26O5.C6H7NO3/c1-7-21(27)32-11-9-25-23(29)36-19(5)14-31-13-17(3)34-15-18(4)35-16-20(6)37-24(30)26-10-12-33-22(28)8-2;1-9(13)5-15-7-11(3)17-8-12(4)16-6-10(2)14;1-2-6(8)10-4-3-9-5-7/h7-8,17-20H,1-2,9-16H2,3-6H3,(H,25,29)(H,26,30);9-14H,5-8H2,1-4H3;2H,1,3-4H2. The van der Waals surface area contributed by atoms with Crippen molar-refractivity contribution in [2.75, 3.05) is 92.4 Å². The van der Waals surface area contributed by atoms with Gasteiger partial charge in [-0.3, -0.25) is 0 Å². The molecule has 0 radical (unpaired) electrons. The fourth-order valence-corrected chi connectivity index (χ4v) is 3.73. The highest BCUT2D eigenvalue weighted by Gasteiger charge is 2.15. The van der Waals surface area contributed by atoms with Crippen molar-refractivity contribution >= 4 is 30.1 Å². The Balaban J connectivity index is -0.00000112. The molecule has 0 aromatic carbocycles.